The first kappa shape index (κ1) is 13.2. The van der Waals surface area contributed by atoms with Crippen LogP contribution in [0.5, 0.6) is 0 Å². The summed E-state index contributed by atoms with van der Waals surface area (Å²) >= 11 is 6.08. The Balaban J connectivity index is 2.21. The highest BCUT2D eigenvalue weighted by atomic mass is 35.5. The first-order valence-corrected chi connectivity index (χ1v) is 6.67. The van der Waals surface area contributed by atoms with E-state index < -0.39 is 0 Å². The van der Waals surface area contributed by atoms with Crippen molar-refractivity contribution in [1.82, 2.24) is 0 Å². The lowest BCUT2D eigenvalue weighted by atomic mass is 10.0. The number of benzene rings is 1. The van der Waals surface area contributed by atoms with Crippen LogP contribution in [0.25, 0.3) is 0 Å². The smallest absolute Gasteiger partial charge is 0.101 e. The molecule has 1 aliphatic rings. The second-order valence-electron chi connectivity index (χ2n) is 4.88. The molecule has 0 heterocycles. The maximum absolute atomic E-state index is 8.87. The van der Waals surface area contributed by atoms with Crippen LogP contribution in [-0.2, 0) is 0 Å². The predicted octanol–water partition coefficient (Wildman–Crippen LogP) is 2.78. The van der Waals surface area contributed by atoms with Crippen molar-refractivity contribution in [3.63, 3.8) is 0 Å². The molecule has 1 aliphatic carbocycles. The van der Waals surface area contributed by atoms with E-state index in [1.807, 2.05) is 12.1 Å². The van der Waals surface area contributed by atoms with Gasteiger partial charge < -0.3 is 10.6 Å². The molecule has 0 aliphatic heterocycles. The number of nitriles is 1. The fourth-order valence-electron chi connectivity index (χ4n) is 2.81. The molecule has 1 saturated carbocycles. The summed E-state index contributed by atoms with van der Waals surface area (Å²) in [6, 6.07) is 8.17. The Kier molecular flexibility index (Phi) is 4.11. The van der Waals surface area contributed by atoms with Crippen LogP contribution < -0.4 is 10.6 Å². The molecule has 3 nitrogen and oxygen atoms in total. The zero-order valence-electron chi connectivity index (χ0n) is 10.6. The maximum atomic E-state index is 8.87. The van der Waals surface area contributed by atoms with Crippen LogP contribution in [0.4, 0.5) is 5.69 Å². The molecule has 2 rings (SSSR count). The van der Waals surface area contributed by atoms with Crippen molar-refractivity contribution < 1.29 is 0 Å². The van der Waals surface area contributed by atoms with Crippen LogP contribution in [0.2, 0.25) is 5.02 Å². The quantitative estimate of drug-likeness (QED) is 0.912. The first-order valence-electron chi connectivity index (χ1n) is 6.30. The summed E-state index contributed by atoms with van der Waals surface area (Å²) in [5.74, 6) is 0.560. The number of nitrogens with two attached hydrogens (primary N) is 1. The second-order valence-corrected chi connectivity index (χ2v) is 5.29. The minimum Gasteiger partial charge on any atom is -0.371 e. The van der Waals surface area contributed by atoms with E-state index in [2.05, 4.69) is 18.0 Å². The zero-order valence-corrected chi connectivity index (χ0v) is 11.3. The highest BCUT2D eigenvalue weighted by Crippen LogP contribution is 2.32. The van der Waals surface area contributed by atoms with Gasteiger partial charge in [0.2, 0.25) is 0 Å². The van der Waals surface area contributed by atoms with E-state index in [-0.39, 0.29) is 0 Å². The van der Waals surface area contributed by atoms with Crippen LogP contribution in [-0.4, -0.2) is 19.6 Å². The summed E-state index contributed by atoms with van der Waals surface area (Å²) in [6.45, 7) is 0.735. The Morgan fingerprint density at radius 1 is 1.50 bits per heavy atom. The summed E-state index contributed by atoms with van der Waals surface area (Å²) in [5, 5.41) is 9.39. The van der Waals surface area contributed by atoms with Gasteiger partial charge in [-0.2, -0.15) is 5.26 Å². The van der Waals surface area contributed by atoms with Crippen LogP contribution in [0, 0.1) is 17.2 Å². The maximum Gasteiger partial charge on any atom is 0.101 e. The molecular formula is C14H18ClN3. The van der Waals surface area contributed by atoms with Gasteiger partial charge in [-0.1, -0.05) is 18.0 Å². The lowest BCUT2D eigenvalue weighted by Crippen LogP contribution is -2.37. The number of nitrogens with zero attached hydrogens (tertiary/aromatic N) is 2. The fraction of sp³-hybridized carbons (Fsp3) is 0.500. The van der Waals surface area contributed by atoms with Crippen molar-refractivity contribution >= 4 is 17.3 Å². The van der Waals surface area contributed by atoms with Crippen molar-refractivity contribution in [1.29, 1.82) is 5.26 Å². The minimum absolute atomic E-state index is 0.485. The normalized spacial score (nSPS) is 22.8. The van der Waals surface area contributed by atoms with Crippen LogP contribution >= 0.6 is 11.6 Å². The Labute approximate surface area is 113 Å². The van der Waals surface area contributed by atoms with Crippen LogP contribution in [0.3, 0.4) is 0 Å². The molecule has 1 aromatic carbocycles. The molecule has 1 fully saturated rings. The molecule has 0 amide bonds. The monoisotopic (exact) mass is 263 g/mol. The third-order valence-electron chi connectivity index (χ3n) is 3.90. The Morgan fingerprint density at radius 3 is 2.89 bits per heavy atom. The van der Waals surface area contributed by atoms with Gasteiger partial charge in [-0.05, 0) is 43.5 Å². The number of anilines is 1. The van der Waals surface area contributed by atoms with E-state index in [0.29, 0.717) is 22.5 Å². The van der Waals surface area contributed by atoms with E-state index in [1.54, 1.807) is 6.07 Å². The first-order chi connectivity index (χ1) is 8.67. The van der Waals surface area contributed by atoms with E-state index in [1.165, 1.54) is 19.3 Å². The van der Waals surface area contributed by atoms with Gasteiger partial charge in [-0.15, -0.1) is 0 Å². The number of hydrogen-bond acceptors (Lipinski definition) is 3. The number of rotatable bonds is 3. The fourth-order valence-corrected chi connectivity index (χ4v) is 3.02. The molecule has 4 heteroatoms. The van der Waals surface area contributed by atoms with Gasteiger partial charge in [0.05, 0.1) is 10.6 Å². The summed E-state index contributed by atoms with van der Waals surface area (Å²) in [5.41, 5.74) is 7.40. The summed E-state index contributed by atoms with van der Waals surface area (Å²) in [6.07, 6.45) is 3.62. The molecule has 2 atom stereocenters. The van der Waals surface area contributed by atoms with Gasteiger partial charge in [-0.3, -0.25) is 0 Å². The molecule has 2 N–H and O–H groups in total. The molecule has 96 valence electrons. The van der Waals surface area contributed by atoms with Crippen molar-refractivity contribution in [2.24, 2.45) is 11.7 Å². The van der Waals surface area contributed by atoms with E-state index >= 15 is 0 Å². The number of halogens is 1. The van der Waals surface area contributed by atoms with E-state index in [4.69, 9.17) is 22.6 Å². The summed E-state index contributed by atoms with van der Waals surface area (Å²) in [4.78, 5) is 2.25. The molecule has 0 radical (unpaired) electrons. The second kappa shape index (κ2) is 5.60. The van der Waals surface area contributed by atoms with E-state index in [9.17, 15) is 0 Å². The van der Waals surface area contributed by atoms with Gasteiger partial charge in [-0.25, -0.2) is 0 Å². The highest BCUT2D eigenvalue weighted by Gasteiger charge is 2.29. The van der Waals surface area contributed by atoms with Crippen molar-refractivity contribution in [3.05, 3.63) is 28.8 Å². The standard InChI is InChI=1S/C14H18ClN3/c1-18(14-4-2-3-11(14)9-17)12-6-5-10(8-16)13(15)7-12/h5-7,11,14H,2-4,9,17H2,1H3. The molecular weight excluding hydrogens is 246 g/mol. The summed E-state index contributed by atoms with van der Waals surface area (Å²) in [7, 11) is 2.08. The Morgan fingerprint density at radius 2 is 2.28 bits per heavy atom. The Bertz CT molecular complexity index is 467. The van der Waals surface area contributed by atoms with Gasteiger partial charge in [0.15, 0.2) is 0 Å². The van der Waals surface area contributed by atoms with Gasteiger partial charge >= 0.3 is 0 Å². The molecule has 2 unspecified atom stereocenters. The van der Waals surface area contributed by atoms with Crippen molar-refractivity contribution in [3.8, 4) is 6.07 Å². The minimum atomic E-state index is 0.485. The van der Waals surface area contributed by atoms with Crippen molar-refractivity contribution in [2.75, 3.05) is 18.5 Å². The lowest BCUT2D eigenvalue weighted by molar-refractivity contribution is 0.474. The largest absolute Gasteiger partial charge is 0.371 e. The zero-order chi connectivity index (χ0) is 13.1. The third-order valence-corrected chi connectivity index (χ3v) is 4.21. The molecule has 18 heavy (non-hydrogen) atoms. The average Bonchev–Trinajstić information content (AvgIpc) is 2.86. The molecule has 0 saturated heterocycles. The van der Waals surface area contributed by atoms with Crippen LogP contribution in [0.1, 0.15) is 24.8 Å². The molecule has 1 aromatic rings. The van der Waals surface area contributed by atoms with Crippen molar-refractivity contribution in [2.45, 2.75) is 25.3 Å². The number of hydrogen-bond donors (Lipinski definition) is 1. The Hall–Kier alpha value is -1.24. The highest BCUT2D eigenvalue weighted by molar-refractivity contribution is 6.32. The molecule has 0 spiro atoms. The van der Waals surface area contributed by atoms with Gasteiger partial charge in [0.25, 0.3) is 0 Å². The molecule has 0 bridgehead atoms. The lowest BCUT2D eigenvalue weighted by Gasteiger charge is -2.31. The average molecular weight is 264 g/mol. The van der Waals surface area contributed by atoms with Crippen LogP contribution in [0.15, 0.2) is 18.2 Å². The predicted molar refractivity (Wildman–Crippen MR) is 74.8 cm³/mol. The third kappa shape index (κ3) is 2.45. The van der Waals surface area contributed by atoms with Gasteiger partial charge in [0, 0.05) is 18.8 Å². The topological polar surface area (TPSA) is 53.0 Å². The summed E-state index contributed by atoms with van der Waals surface area (Å²) < 4.78 is 0. The van der Waals surface area contributed by atoms with E-state index in [0.717, 1.165) is 12.2 Å². The van der Waals surface area contributed by atoms with Gasteiger partial charge in [0.1, 0.15) is 6.07 Å². The molecule has 0 aromatic heterocycles. The SMILES string of the molecule is CN(c1ccc(C#N)c(Cl)c1)C1CCCC1CN.